The SMILES string of the molecule is Cc1nn(C(C)C)cc1CN1CCCCC1COC(=O)NC(C)C. The van der Waals surface area contributed by atoms with E-state index < -0.39 is 0 Å². The molecule has 1 fully saturated rings. The predicted molar refractivity (Wildman–Crippen MR) is 95.0 cm³/mol. The molecular formula is C18H32N4O2. The minimum atomic E-state index is -0.320. The van der Waals surface area contributed by atoms with Crippen molar-refractivity contribution in [2.45, 2.75) is 78.6 Å². The Bertz CT molecular complexity index is 539. The Morgan fingerprint density at radius 1 is 1.38 bits per heavy atom. The van der Waals surface area contributed by atoms with Crippen LogP contribution in [0.4, 0.5) is 4.79 Å². The zero-order valence-electron chi connectivity index (χ0n) is 15.7. The quantitative estimate of drug-likeness (QED) is 0.866. The second-order valence-electron chi connectivity index (χ2n) is 7.33. The molecule has 1 N–H and O–H groups in total. The number of aromatic nitrogens is 2. The third-order valence-corrected chi connectivity index (χ3v) is 4.48. The standard InChI is InChI=1S/C18H32N4O2/c1-13(2)19-18(23)24-12-17-8-6-7-9-21(17)10-16-11-22(14(3)4)20-15(16)5/h11,13-14,17H,6-10,12H2,1-5H3,(H,19,23). The van der Waals surface area contributed by atoms with E-state index in [1.807, 2.05) is 18.5 Å². The lowest BCUT2D eigenvalue weighted by atomic mass is 10.0. The van der Waals surface area contributed by atoms with Gasteiger partial charge in [0.2, 0.25) is 0 Å². The number of ether oxygens (including phenoxy) is 1. The normalized spacial score (nSPS) is 19.0. The number of piperidine rings is 1. The summed E-state index contributed by atoms with van der Waals surface area (Å²) in [7, 11) is 0. The molecule has 1 unspecified atom stereocenters. The van der Waals surface area contributed by atoms with Crippen molar-refractivity contribution in [3.8, 4) is 0 Å². The molecule has 1 saturated heterocycles. The van der Waals surface area contributed by atoms with Gasteiger partial charge in [-0.1, -0.05) is 6.42 Å². The molecule has 1 aliphatic heterocycles. The van der Waals surface area contributed by atoms with Crippen molar-refractivity contribution in [2.24, 2.45) is 0 Å². The maximum atomic E-state index is 11.7. The minimum Gasteiger partial charge on any atom is -0.448 e. The van der Waals surface area contributed by atoms with E-state index in [1.54, 1.807) is 0 Å². The van der Waals surface area contributed by atoms with Gasteiger partial charge in [0.1, 0.15) is 6.61 Å². The zero-order chi connectivity index (χ0) is 17.7. The molecule has 0 bridgehead atoms. The highest BCUT2D eigenvalue weighted by atomic mass is 16.5. The Hall–Kier alpha value is -1.56. The van der Waals surface area contributed by atoms with Crippen molar-refractivity contribution < 1.29 is 9.53 Å². The lowest BCUT2D eigenvalue weighted by molar-refractivity contribution is 0.0630. The van der Waals surface area contributed by atoms with Gasteiger partial charge < -0.3 is 10.1 Å². The van der Waals surface area contributed by atoms with Gasteiger partial charge in [-0.15, -0.1) is 0 Å². The minimum absolute atomic E-state index is 0.101. The van der Waals surface area contributed by atoms with Crippen LogP contribution in [0.2, 0.25) is 0 Å². The number of amides is 1. The summed E-state index contributed by atoms with van der Waals surface area (Å²) in [5.74, 6) is 0. The molecule has 0 aromatic carbocycles. The molecular weight excluding hydrogens is 304 g/mol. The summed E-state index contributed by atoms with van der Waals surface area (Å²) < 4.78 is 7.45. The molecule has 1 aliphatic rings. The third kappa shape index (κ3) is 5.23. The summed E-state index contributed by atoms with van der Waals surface area (Å²) in [5, 5.41) is 7.38. The number of carbonyl (C=O) groups excluding carboxylic acids is 1. The van der Waals surface area contributed by atoms with Crippen LogP contribution >= 0.6 is 0 Å². The second kappa shape index (κ2) is 8.51. The molecule has 2 rings (SSSR count). The van der Waals surface area contributed by atoms with E-state index in [1.165, 1.54) is 18.4 Å². The summed E-state index contributed by atoms with van der Waals surface area (Å²) in [6, 6.07) is 0.764. The lowest BCUT2D eigenvalue weighted by Crippen LogP contribution is -2.43. The maximum absolute atomic E-state index is 11.7. The van der Waals surface area contributed by atoms with Crippen LogP contribution in [-0.2, 0) is 11.3 Å². The molecule has 0 radical (unpaired) electrons. The van der Waals surface area contributed by atoms with Crippen molar-refractivity contribution in [1.29, 1.82) is 0 Å². The Labute approximate surface area is 145 Å². The second-order valence-corrected chi connectivity index (χ2v) is 7.33. The van der Waals surface area contributed by atoms with Gasteiger partial charge in [0.15, 0.2) is 0 Å². The topological polar surface area (TPSA) is 59.4 Å². The van der Waals surface area contributed by atoms with Crippen LogP contribution in [0, 0.1) is 6.92 Å². The first-order valence-electron chi connectivity index (χ1n) is 9.08. The molecule has 1 atom stereocenters. The molecule has 0 saturated carbocycles. The van der Waals surface area contributed by atoms with Crippen LogP contribution in [0.25, 0.3) is 0 Å². The van der Waals surface area contributed by atoms with Crippen molar-refractivity contribution in [1.82, 2.24) is 20.0 Å². The van der Waals surface area contributed by atoms with Crippen molar-refractivity contribution in [3.63, 3.8) is 0 Å². The smallest absolute Gasteiger partial charge is 0.407 e. The maximum Gasteiger partial charge on any atom is 0.407 e. The van der Waals surface area contributed by atoms with E-state index in [2.05, 4.69) is 42.3 Å². The van der Waals surface area contributed by atoms with Gasteiger partial charge in [0.25, 0.3) is 0 Å². The lowest BCUT2D eigenvalue weighted by Gasteiger charge is -2.35. The molecule has 6 nitrogen and oxygen atoms in total. The number of nitrogens with zero attached hydrogens (tertiary/aromatic N) is 3. The van der Waals surface area contributed by atoms with E-state index in [-0.39, 0.29) is 12.1 Å². The van der Waals surface area contributed by atoms with E-state index in [4.69, 9.17) is 4.74 Å². The summed E-state index contributed by atoms with van der Waals surface area (Å²) in [4.78, 5) is 14.2. The Balaban J connectivity index is 1.95. The summed E-state index contributed by atoms with van der Waals surface area (Å²) in [6.07, 6.45) is 5.30. The van der Waals surface area contributed by atoms with Gasteiger partial charge in [-0.3, -0.25) is 9.58 Å². The van der Waals surface area contributed by atoms with Crippen molar-refractivity contribution >= 4 is 6.09 Å². The molecule has 136 valence electrons. The van der Waals surface area contributed by atoms with Gasteiger partial charge in [-0.05, 0) is 54.0 Å². The van der Waals surface area contributed by atoms with E-state index in [0.717, 1.165) is 25.2 Å². The van der Waals surface area contributed by atoms with Crippen molar-refractivity contribution in [2.75, 3.05) is 13.2 Å². The molecule has 0 spiro atoms. The average Bonchev–Trinajstić information content (AvgIpc) is 2.87. The van der Waals surface area contributed by atoms with Gasteiger partial charge in [-0.2, -0.15) is 5.10 Å². The predicted octanol–water partition coefficient (Wildman–Crippen LogP) is 3.26. The summed E-state index contributed by atoms with van der Waals surface area (Å²) in [6.45, 7) is 12.6. The average molecular weight is 336 g/mol. The number of rotatable bonds is 6. The largest absolute Gasteiger partial charge is 0.448 e. The van der Waals surface area contributed by atoms with Crippen molar-refractivity contribution in [3.05, 3.63) is 17.5 Å². The molecule has 2 heterocycles. The third-order valence-electron chi connectivity index (χ3n) is 4.48. The monoisotopic (exact) mass is 336 g/mol. The van der Waals surface area contributed by atoms with Crippen LogP contribution in [0.1, 0.15) is 64.3 Å². The van der Waals surface area contributed by atoms with Crippen LogP contribution in [0.5, 0.6) is 0 Å². The molecule has 6 heteroatoms. The van der Waals surface area contributed by atoms with Crippen LogP contribution in [-0.4, -0.2) is 46.0 Å². The number of carbonyl (C=O) groups is 1. The first kappa shape index (κ1) is 18.8. The number of hydrogen-bond acceptors (Lipinski definition) is 4. The van der Waals surface area contributed by atoms with Gasteiger partial charge in [-0.25, -0.2) is 4.79 Å². The number of alkyl carbamates (subject to hydrolysis) is 1. The fourth-order valence-electron chi connectivity index (χ4n) is 3.06. The summed E-state index contributed by atoms with van der Waals surface area (Å²) in [5.41, 5.74) is 2.36. The number of hydrogen-bond donors (Lipinski definition) is 1. The first-order chi connectivity index (χ1) is 11.4. The van der Waals surface area contributed by atoms with Gasteiger partial charge >= 0.3 is 6.09 Å². The number of nitrogens with one attached hydrogen (secondary N) is 1. The van der Waals surface area contributed by atoms with Gasteiger partial charge in [0.05, 0.1) is 5.69 Å². The van der Waals surface area contributed by atoms with E-state index >= 15 is 0 Å². The molecule has 24 heavy (non-hydrogen) atoms. The van der Waals surface area contributed by atoms with Crippen LogP contribution in [0.15, 0.2) is 6.20 Å². The Kier molecular flexibility index (Phi) is 6.66. The fraction of sp³-hybridized carbons (Fsp3) is 0.778. The molecule has 0 aliphatic carbocycles. The highest BCUT2D eigenvalue weighted by Gasteiger charge is 2.25. The zero-order valence-corrected chi connectivity index (χ0v) is 15.7. The number of aryl methyl sites for hydroxylation is 1. The highest BCUT2D eigenvalue weighted by Crippen LogP contribution is 2.21. The van der Waals surface area contributed by atoms with E-state index in [9.17, 15) is 4.79 Å². The molecule has 1 aromatic heterocycles. The molecule has 1 amide bonds. The fourth-order valence-corrected chi connectivity index (χ4v) is 3.06. The highest BCUT2D eigenvalue weighted by molar-refractivity contribution is 5.67. The first-order valence-corrected chi connectivity index (χ1v) is 9.08. The van der Waals surface area contributed by atoms with Crippen LogP contribution < -0.4 is 5.32 Å². The summed E-state index contributed by atoms with van der Waals surface area (Å²) >= 11 is 0. The number of likely N-dealkylation sites (tertiary alicyclic amines) is 1. The molecule has 1 aromatic rings. The Morgan fingerprint density at radius 3 is 2.75 bits per heavy atom. The van der Waals surface area contributed by atoms with E-state index in [0.29, 0.717) is 18.7 Å². The Morgan fingerprint density at radius 2 is 2.12 bits per heavy atom. The van der Waals surface area contributed by atoms with Crippen LogP contribution in [0.3, 0.4) is 0 Å². The van der Waals surface area contributed by atoms with Gasteiger partial charge in [0, 0.05) is 36.4 Å².